The van der Waals surface area contributed by atoms with Crippen molar-refractivity contribution in [3.63, 3.8) is 0 Å². The molecule has 8 heteroatoms. The van der Waals surface area contributed by atoms with Crippen LogP contribution in [0.4, 0.5) is 4.39 Å². The molecule has 0 radical (unpaired) electrons. The third-order valence-electron chi connectivity index (χ3n) is 6.52. The fourth-order valence-electron chi connectivity index (χ4n) is 4.71. The van der Waals surface area contributed by atoms with Gasteiger partial charge in [0.05, 0.1) is 17.5 Å². The molecule has 1 saturated heterocycles. The maximum absolute atomic E-state index is 14.1. The second kappa shape index (κ2) is 9.41. The molecule has 1 amide bonds. The molecule has 3 heterocycles. The number of nitrogens with zero attached hydrogens (tertiary/aromatic N) is 4. The topological polar surface area (TPSA) is 72.3 Å². The maximum Gasteiger partial charge on any atom is 0.273 e. The van der Waals surface area contributed by atoms with Crippen LogP contribution < -0.4 is 5.32 Å². The highest BCUT2D eigenvalue weighted by molar-refractivity contribution is 5.93. The first-order valence-corrected chi connectivity index (χ1v) is 11.5. The number of hydrogen-bond acceptors (Lipinski definition) is 5. The van der Waals surface area contributed by atoms with Crippen LogP contribution in [-0.4, -0.2) is 51.6 Å². The molecule has 7 nitrogen and oxygen atoms in total. The van der Waals surface area contributed by atoms with Gasteiger partial charge < -0.3 is 10.1 Å². The Bertz CT molecular complexity index is 1160. The molecular weight excluding hydrogens is 421 g/mol. The predicted octanol–water partition coefficient (Wildman–Crippen LogP) is 3.18. The van der Waals surface area contributed by atoms with E-state index in [9.17, 15) is 9.18 Å². The van der Waals surface area contributed by atoms with Gasteiger partial charge in [0.15, 0.2) is 5.69 Å². The molecule has 1 aromatic heterocycles. The van der Waals surface area contributed by atoms with E-state index in [2.05, 4.69) is 26.6 Å². The van der Waals surface area contributed by atoms with Gasteiger partial charge in [0.2, 0.25) is 0 Å². The van der Waals surface area contributed by atoms with Gasteiger partial charge in [-0.15, -0.1) is 5.10 Å². The predicted molar refractivity (Wildman–Crippen MR) is 122 cm³/mol. The smallest absolute Gasteiger partial charge is 0.273 e. The van der Waals surface area contributed by atoms with Gasteiger partial charge >= 0.3 is 0 Å². The summed E-state index contributed by atoms with van der Waals surface area (Å²) in [6.45, 7) is 5.25. The van der Waals surface area contributed by atoms with Crippen molar-refractivity contribution in [3.8, 4) is 5.69 Å². The zero-order valence-corrected chi connectivity index (χ0v) is 18.8. The molecule has 1 N–H and O–H groups in total. The summed E-state index contributed by atoms with van der Waals surface area (Å²) in [6.07, 6.45) is 2.90. The molecule has 0 saturated carbocycles. The molecule has 0 spiro atoms. The summed E-state index contributed by atoms with van der Waals surface area (Å²) in [4.78, 5) is 14.9. The molecular formula is C25H28FN5O2. The minimum Gasteiger partial charge on any atom is -0.376 e. The van der Waals surface area contributed by atoms with Gasteiger partial charge in [0.1, 0.15) is 5.82 Å². The van der Waals surface area contributed by atoms with Gasteiger partial charge in [-0.2, -0.15) is 0 Å². The van der Waals surface area contributed by atoms with Gasteiger partial charge in [0.25, 0.3) is 5.91 Å². The van der Waals surface area contributed by atoms with Gasteiger partial charge in [-0.05, 0) is 49.4 Å². The van der Waals surface area contributed by atoms with Crippen LogP contribution in [0.15, 0.2) is 42.5 Å². The lowest BCUT2D eigenvalue weighted by molar-refractivity contribution is 0.0853. The van der Waals surface area contributed by atoms with E-state index >= 15 is 0 Å². The molecule has 1 atom stereocenters. The molecule has 2 aliphatic heterocycles. The number of carbonyl (C=O) groups is 1. The number of fused-ring (bicyclic) bond motifs is 1. The van der Waals surface area contributed by atoms with Crippen LogP contribution in [0, 0.1) is 12.7 Å². The summed E-state index contributed by atoms with van der Waals surface area (Å²) in [6, 6.07) is 13.1. The Hall–Kier alpha value is -3.10. The normalized spacial score (nSPS) is 18.3. The highest BCUT2D eigenvalue weighted by Gasteiger charge is 2.24. The third-order valence-corrected chi connectivity index (χ3v) is 6.52. The first kappa shape index (κ1) is 21.7. The maximum atomic E-state index is 14.1. The average molecular weight is 450 g/mol. The SMILES string of the molecule is Cc1c(C(=O)NC[C@@H]2CCCO2)nnn1-c1cccc2c1CCN(Cc1ccccc1F)C2. The van der Waals surface area contributed by atoms with Gasteiger partial charge in [0, 0.05) is 38.3 Å². The number of halogens is 1. The number of amides is 1. The first-order valence-electron chi connectivity index (χ1n) is 11.5. The van der Waals surface area contributed by atoms with Crippen molar-refractivity contribution in [2.24, 2.45) is 0 Å². The van der Waals surface area contributed by atoms with Crippen LogP contribution in [0.5, 0.6) is 0 Å². The Morgan fingerprint density at radius 1 is 1.24 bits per heavy atom. The van der Waals surface area contributed by atoms with Gasteiger partial charge in [-0.3, -0.25) is 9.69 Å². The number of nitrogens with one attached hydrogen (secondary N) is 1. The average Bonchev–Trinajstić information content (AvgIpc) is 3.48. The second-order valence-corrected chi connectivity index (χ2v) is 8.75. The van der Waals surface area contributed by atoms with Gasteiger partial charge in [-0.25, -0.2) is 9.07 Å². The van der Waals surface area contributed by atoms with E-state index < -0.39 is 0 Å². The van der Waals surface area contributed by atoms with Crippen LogP contribution in [0.25, 0.3) is 5.69 Å². The molecule has 0 unspecified atom stereocenters. The number of benzene rings is 2. The lowest BCUT2D eigenvalue weighted by Crippen LogP contribution is -2.32. The molecule has 3 aromatic rings. The minimum absolute atomic E-state index is 0.0813. The number of ether oxygens (including phenoxy) is 1. The third kappa shape index (κ3) is 4.54. The van der Waals surface area contributed by atoms with Crippen LogP contribution >= 0.6 is 0 Å². The molecule has 0 bridgehead atoms. The number of carbonyl (C=O) groups excluding carboxylic acids is 1. The summed E-state index contributed by atoms with van der Waals surface area (Å²) in [5.41, 5.74) is 5.09. The Labute approximate surface area is 192 Å². The van der Waals surface area contributed by atoms with Crippen molar-refractivity contribution in [2.75, 3.05) is 19.7 Å². The highest BCUT2D eigenvalue weighted by atomic mass is 19.1. The van der Waals surface area contributed by atoms with Crippen molar-refractivity contribution in [1.29, 1.82) is 0 Å². The Morgan fingerprint density at radius 3 is 2.94 bits per heavy atom. The van der Waals surface area contributed by atoms with Crippen LogP contribution in [0.2, 0.25) is 0 Å². The van der Waals surface area contributed by atoms with Crippen LogP contribution in [-0.2, 0) is 24.2 Å². The van der Waals surface area contributed by atoms with Crippen molar-refractivity contribution in [3.05, 3.63) is 76.4 Å². The molecule has 33 heavy (non-hydrogen) atoms. The Kier molecular flexibility index (Phi) is 6.20. The monoisotopic (exact) mass is 449 g/mol. The summed E-state index contributed by atoms with van der Waals surface area (Å²) in [5.74, 6) is -0.393. The highest BCUT2D eigenvalue weighted by Crippen LogP contribution is 2.27. The minimum atomic E-state index is -0.227. The second-order valence-electron chi connectivity index (χ2n) is 8.75. The molecule has 2 aromatic carbocycles. The van der Waals surface area contributed by atoms with Crippen LogP contribution in [0.3, 0.4) is 0 Å². The van der Waals surface area contributed by atoms with Crippen molar-refractivity contribution in [2.45, 2.75) is 45.4 Å². The van der Waals surface area contributed by atoms with E-state index in [0.29, 0.717) is 30.0 Å². The van der Waals surface area contributed by atoms with E-state index in [1.807, 2.05) is 31.2 Å². The zero-order chi connectivity index (χ0) is 22.8. The largest absolute Gasteiger partial charge is 0.376 e. The zero-order valence-electron chi connectivity index (χ0n) is 18.8. The lowest BCUT2D eigenvalue weighted by Gasteiger charge is -2.30. The number of hydrogen-bond donors (Lipinski definition) is 1. The van der Waals surface area contributed by atoms with Crippen molar-refractivity contribution in [1.82, 2.24) is 25.2 Å². The van der Waals surface area contributed by atoms with E-state index in [4.69, 9.17) is 4.74 Å². The first-order chi connectivity index (χ1) is 16.1. The Balaban J connectivity index is 1.32. The van der Waals surface area contributed by atoms with E-state index in [0.717, 1.165) is 44.6 Å². The molecule has 2 aliphatic rings. The summed E-state index contributed by atoms with van der Waals surface area (Å²) in [5, 5.41) is 11.4. The fourth-order valence-corrected chi connectivity index (χ4v) is 4.71. The summed E-state index contributed by atoms with van der Waals surface area (Å²) >= 11 is 0. The molecule has 5 rings (SSSR count). The summed E-state index contributed by atoms with van der Waals surface area (Å²) < 4.78 is 21.4. The standard InChI is InChI=1S/C25H28FN5O2/c1-17-24(25(32)27-14-20-8-5-13-33-20)28-29-31(17)23-10-4-7-18-15-30(12-11-21(18)23)16-19-6-2-3-9-22(19)26/h2-4,6-7,9-10,20H,5,8,11-16H2,1H3,(H,27,32)/t20-/m0/s1. The van der Waals surface area contributed by atoms with Crippen molar-refractivity contribution >= 4 is 5.91 Å². The molecule has 0 aliphatic carbocycles. The quantitative estimate of drug-likeness (QED) is 0.626. The number of rotatable bonds is 6. The molecule has 1 fully saturated rings. The summed E-state index contributed by atoms with van der Waals surface area (Å²) in [7, 11) is 0. The number of aromatic nitrogens is 3. The fraction of sp³-hybridized carbons (Fsp3) is 0.400. The van der Waals surface area contributed by atoms with E-state index in [-0.39, 0.29) is 17.8 Å². The van der Waals surface area contributed by atoms with Gasteiger partial charge in [-0.1, -0.05) is 35.5 Å². The van der Waals surface area contributed by atoms with E-state index in [1.54, 1.807) is 10.7 Å². The molecule has 172 valence electrons. The van der Waals surface area contributed by atoms with E-state index in [1.165, 1.54) is 17.2 Å². The van der Waals surface area contributed by atoms with Crippen molar-refractivity contribution < 1.29 is 13.9 Å². The lowest BCUT2D eigenvalue weighted by atomic mass is 9.97. The Morgan fingerprint density at radius 2 is 2.12 bits per heavy atom. The van der Waals surface area contributed by atoms with Crippen LogP contribution in [0.1, 0.15) is 45.7 Å².